The molecule has 1 aliphatic rings. The van der Waals surface area contributed by atoms with Gasteiger partial charge >= 0.3 is 6.18 Å². The first-order valence-electron chi connectivity index (χ1n) is 6.02. The zero-order valence-electron chi connectivity index (χ0n) is 10.0. The highest BCUT2D eigenvalue weighted by molar-refractivity contribution is 5.09. The van der Waals surface area contributed by atoms with Gasteiger partial charge in [-0.15, -0.1) is 0 Å². The van der Waals surface area contributed by atoms with Gasteiger partial charge in [0.1, 0.15) is 5.76 Å². The van der Waals surface area contributed by atoms with E-state index >= 15 is 0 Å². The van der Waals surface area contributed by atoms with Crippen molar-refractivity contribution in [2.75, 3.05) is 32.8 Å². The van der Waals surface area contributed by atoms with Gasteiger partial charge in [-0.05, 0) is 25.1 Å². The van der Waals surface area contributed by atoms with Crippen LogP contribution in [0.5, 0.6) is 0 Å². The molecule has 0 aliphatic carbocycles. The third kappa shape index (κ3) is 3.74. The Morgan fingerprint density at radius 3 is 2.50 bits per heavy atom. The monoisotopic (exact) mass is 263 g/mol. The first kappa shape index (κ1) is 13.4. The van der Waals surface area contributed by atoms with Gasteiger partial charge in [-0.3, -0.25) is 4.90 Å². The lowest BCUT2D eigenvalue weighted by molar-refractivity contribution is -0.153. The standard InChI is InChI=1S/C12H16F3NO2/c13-12(14,15)11-4-3-10(18-11)2-1-5-16-6-8-17-9-7-16/h3-4H,1-2,5-9H2. The predicted octanol–water partition coefficient (Wildman–Crippen LogP) is 2.56. The van der Waals surface area contributed by atoms with Crippen molar-refractivity contribution in [3.63, 3.8) is 0 Å². The average molecular weight is 263 g/mol. The lowest BCUT2D eigenvalue weighted by atomic mass is 10.2. The molecule has 18 heavy (non-hydrogen) atoms. The molecule has 1 saturated heterocycles. The molecule has 1 fully saturated rings. The van der Waals surface area contributed by atoms with Crippen LogP contribution in [0.4, 0.5) is 13.2 Å². The SMILES string of the molecule is FC(F)(F)c1ccc(CCCN2CCOCC2)o1. The highest BCUT2D eigenvalue weighted by Crippen LogP contribution is 2.30. The van der Waals surface area contributed by atoms with Crippen LogP contribution in [0.3, 0.4) is 0 Å². The van der Waals surface area contributed by atoms with E-state index in [9.17, 15) is 13.2 Å². The Kier molecular flexibility index (Phi) is 4.29. The molecule has 1 aromatic rings. The van der Waals surface area contributed by atoms with Crippen LogP contribution in [0, 0.1) is 0 Å². The summed E-state index contributed by atoms with van der Waals surface area (Å²) in [4.78, 5) is 2.25. The third-order valence-corrected chi connectivity index (χ3v) is 2.94. The van der Waals surface area contributed by atoms with Crippen molar-refractivity contribution in [2.24, 2.45) is 0 Å². The molecule has 0 atom stereocenters. The van der Waals surface area contributed by atoms with E-state index in [1.165, 1.54) is 6.07 Å². The van der Waals surface area contributed by atoms with E-state index in [1.807, 2.05) is 0 Å². The van der Waals surface area contributed by atoms with Gasteiger partial charge in [-0.25, -0.2) is 0 Å². The molecule has 1 aliphatic heterocycles. The number of halogens is 3. The van der Waals surface area contributed by atoms with Gasteiger partial charge in [0.25, 0.3) is 0 Å². The maximum Gasteiger partial charge on any atom is 0.449 e. The maximum atomic E-state index is 12.3. The highest BCUT2D eigenvalue weighted by atomic mass is 19.4. The van der Waals surface area contributed by atoms with Crippen molar-refractivity contribution in [1.82, 2.24) is 4.90 Å². The van der Waals surface area contributed by atoms with Crippen LogP contribution >= 0.6 is 0 Å². The van der Waals surface area contributed by atoms with E-state index < -0.39 is 11.9 Å². The predicted molar refractivity (Wildman–Crippen MR) is 59.3 cm³/mol. The Balaban J connectivity index is 1.74. The number of furan rings is 1. The summed E-state index contributed by atoms with van der Waals surface area (Å²) < 4.78 is 46.9. The number of hydrogen-bond donors (Lipinski definition) is 0. The molecular formula is C12H16F3NO2. The summed E-state index contributed by atoms with van der Waals surface area (Å²) in [6.07, 6.45) is -3.05. The minimum atomic E-state index is -4.39. The molecule has 2 rings (SSSR count). The summed E-state index contributed by atoms with van der Waals surface area (Å²) >= 11 is 0. The van der Waals surface area contributed by atoms with Gasteiger partial charge in [-0.2, -0.15) is 13.2 Å². The number of hydrogen-bond acceptors (Lipinski definition) is 3. The van der Waals surface area contributed by atoms with Crippen LogP contribution < -0.4 is 0 Å². The number of ether oxygens (including phenoxy) is 1. The largest absolute Gasteiger partial charge is 0.457 e. The summed E-state index contributed by atoms with van der Waals surface area (Å²) in [6, 6.07) is 2.40. The molecule has 102 valence electrons. The van der Waals surface area contributed by atoms with Crippen molar-refractivity contribution in [2.45, 2.75) is 19.0 Å². The molecule has 0 amide bonds. The number of nitrogens with zero attached hydrogens (tertiary/aromatic N) is 1. The Bertz CT molecular complexity index is 370. The van der Waals surface area contributed by atoms with Gasteiger partial charge in [0.2, 0.25) is 5.76 Å². The first-order valence-corrected chi connectivity index (χ1v) is 6.02. The zero-order chi connectivity index (χ0) is 13.0. The van der Waals surface area contributed by atoms with E-state index in [1.54, 1.807) is 0 Å². The molecule has 0 radical (unpaired) electrons. The van der Waals surface area contributed by atoms with Crippen molar-refractivity contribution in [3.05, 3.63) is 23.7 Å². The van der Waals surface area contributed by atoms with Crippen molar-refractivity contribution in [1.29, 1.82) is 0 Å². The summed E-state index contributed by atoms with van der Waals surface area (Å²) in [7, 11) is 0. The van der Waals surface area contributed by atoms with Crippen LogP contribution in [-0.2, 0) is 17.3 Å². The number of alkyl halides is 3. The number of rotatable bonds is 4. The topological polar surface area (TPSA) is 25.6 Å². The molecule has 3 nitrogen and oxygen atoms in total. The third-order valence-electron chi connectivity index (χ3n) is 2.94. The van der Waals surface area contributed by atoms with Crippen LogP contribution in [0.1, 0.15) is 17.9 Å². The fourth-order valence-electron chi connectivity index (χ4n) is 1.97. The Labute approximate surface area is 104 Å². The van der Waals surface area contributed by atoms with Gasteiger partial charge < -0.3 is 9.15 Å². The lowest BCUT2D eigenvalue weighted by Crippen LogP contribution is -2.36. The second-order valence-corrected chi connectivity index (χ2v) is 4.32. The molecule has 2 heterocycles. The van der Waals surface area contributed by atoms with Crippen LogP contribution in [0.2, 0.25) is 0 Å². The summed E-state index contributed by atoms with van der Waals surface area (Å²) in [5.41, 5.74) is 0. The van der Waals surface area contributed by atoms with E-state index in [0.717, 1.165) is 45.3 Å². The van der Waals surface area contributed by atoms with E-state index in [0.29, 0.717) is 12.2 Å². The fourth-order valence-corrected chi connectivity index (χ4v) is 1.97. The van der Waals surface area contributed by atoms with Gasteiger partial charge in [-0.1, -0.05) is 0 Å². The summed E-state index contributed by atoms with van der Waals surface area (Å²) in [5, 5.41) is 0. The minimum Gasteiger partial charge on any atom is -0.457 e. The molecule has 0 bridgehead atoms. The van der Waals surface area contributed by atoms with E-state index in [4.69, 9.17) is 9.15 Å². The van der Waals surface area contributed by atoms with Gasteiger partial charge in [0.05, 0.1) is 13.2 Å². The second-order valence-electron chi connectivity index (χ2n) is 4.32. The Hall–Kier alpha value is -1.01. The quantitative estimate of drug-likeness (QED) is 0.835. The van der Waals surface area contributed by atoms with E-state index in [2.05, 4.69) is 4.90 Å². The second kappa shape index (κ2) is 5.75. The molecule has 6 heteroatoms. The molecule has 0 spiro atoms. The molecule has 0 N–H and O–H groups in total. The van der Waals surface area contributed by atoms with Crippen molar-refractivity contribution < 1.29 is 22.3 Å². The number of aryl methyl sites for hydroxylation is 1. The molecule has 1 aromatic heterocycles. The normalized spacial score (nSPS) is 18.2. The smallest absolute Gasteiger partial charge is 0.449 e. The molecule has 0 aromatic carbocycles. The van der Waals surface area contributed by atoms with Crippen LogP contribution in [0.25, 0.3) is 0 Å². The summed E-state index contributed by atoms with van der Waals surface area (Å²) in [5.74, 6) is -0.514. The summed E-state index contributed by atoms with van der Waals surface area (Å²) in [6.45, 7) is 4.13. The van der Waals surface area contributed by atoms with Crippen LogP contribution in [-0.4, -0.2) is 37.7 Å². The first-order chi connectivity index (χ1) is 8.55. The average Bonchev–Trinajstić information content (AvgIpc) is 2.79. The fraction of sp³-hybridized carbons (Fsp3) is 0.667. The van der Waals surface area contributed by atoms with Crippen molar-refractivity contribution in [3.8, 4) is 0 Å². The van der Waals surface area contributed by atoms with Crippen molar-refractivity contribution >= 4 is 0 Å². The maximum absolute atomic E-state index is 12.3. The Morgan fingerprint density at radius 1 is 1.17 bits per heavy atom. The van der Waals surface area contributed by atoms with Gasteiger partial charge in [0, 0.05) is 19.5 Å². The zero-order valence-corrected chi connectivity index (χ0v) is 10.0. The lowest BCUT2D eigenvalue weighted by Gasteiger charge is -2.26. The minimum absolute atomic E-state index is 0.399. The highest BCUT2D eigenvalue weighted by Gasteiger charge is 2.34. The molecule has 0 unspecified atom stereocenters. The molecule has 0 saturated carbocycles. The van der Waals surface area contributed by atoms with Gasteiger partial charge in [0.15, 0.2) is 0 Å². The number of morpholine rings is 1. The van der Waals surface area contributed by atoms with Crippen LogP contribution in [0.15, 0.2) is 16.5 Å². The van der Waals surface area contributed by atoms with E-state index in [-0.39, 0.29) is 0 Å². The Morgan fingerprint density at radius 2 is 1.89 bits per heavy atom. The molecular weight excluding hydrogens is 247 g/mol.